The Morgan fingerprint density at radius 3 is 3.00 bits per heavy atom. The van der Waals surface area contributed by atoms with Crippen molar-refractivity contribution in [1.29, 1.82) is 0 Å². The van der Waals surface area contributed by atoms with Gasteiger partial charge in [-0.15, -0.1) is 0 Å². The third-order valence-electron chi connectivity index (χ3n) is 2.66. The zero-order valence-corrected chi connectivity index (χ0v) is 11.9. The molecule has 0 spiro atoms. The van der Waals surface area contributed by atoms with E-state index < -0.39 is 11.0 Å². The van der Waals surface area contributed by atoms with Gasteiger partial charge >= 0.3 is 0 Å². The van der Waals surface area contributed by atoms with Gasteiger partial charge in [0.1, 0.15) is 5.56 Å². The molecular formula is C12H13ClN4O4. The summed E-state index contributed by atoms with van der Waals surface area (Å²) in [7, 11) is 0. The number of hydrogen-bond acceptors (Lipinski definition) is 7. The van der Waals surface area contributed by atoms with Crippen molar-refractivity contribution in [2.45, 2.75) is 13.0 Å². The van der Waals surface area contributed by atoms with Gasteiger partial charge in [-0.2, -0.15) is 4.98 Å². The summed E-state index contributed by atoms with van der Waals surface area (Å²) in [6, 6.07) is 3.62. The number of rotatable bonds is 6. The highest BCUT2D eigenvalue weighted by atomic mass is 35.5. The average molecular weight is 313 g/mol. The number of nitrogens with two attached hydrogens (primary N) is 1. The molecule has 1 heterocycles. The largest absolute Gasteiger partial charge is 0.380 e. The Bertz CT molecular complexity index is 646. The van der Waals surface area contributed by atoms with E-state index in [1.165, 1.54) is 18.2 Å². The van der Waals surface area contributed by atoms with Gasteiger partial charge in [-0.3, -0.25) is 10.1 Å². The Morgan fingerprint density at radius 1 is 1.57 bits per heavy atom. The third-order valence-corrected chi connectivity index (χ3v) is 2.90. The summed E-state index contributed by atoms with van der Waals surface area (Å²) in [6.07, 6.45) is 0. The Labute approximate surface area is 125 Å². The molecule has 21 heavy (non-hydrogen) atoms. The number of aromatic nitrogens is 2. The number of ether oxygens (including phenoxy) is 1. The molecule has 2 N–H and O–H groups in total. The predicted octanol–water partition coefficient (Wildman–Crippen LogP) is 2.33. The molecule has 112 valence electrons. The molecular weight excluding hydrogens is 300 g/mol. The highest BCUT2D eigenvalue weighted by molar-refractivity contribution is 6.30. The number of halogens is 1. The lowest BCUT2D eigenvalue weighted by atomic mass is 10.2. The molecule has 1 aromatic heterocycles. The van der Waals surface area contributed by atoms with Crippen LogP contribution < -0.4 is 5.73 Å². The van der Waals surface area contributed by atoms with Crippen molar-refractivity contribution in [2.75, 3.05) is 13.2 Å². The van der Waals surface area contributed by atoms with Crippen molar-refractivity contribution in [3.05, 3.63) is 39.2 Å². The monoisotopic (exact) mass is 312 g/mol. The Kier molecular flexibility index (Phi) is 4.84. The maximum atomic E-state index is 11.0. The first-order valence-corrected chi connectivity index (χ1v) is 6.52. The summed E-state index contributed by atoms with van der Waals surface area (Å²) >= 11 is 5.75. The highest BCUT2D eigenvalue weighted by Crippen LogP contribution is 2.31. The Morgan fingerprint density at radius 2 is 2.33 bits per heavy atom. The van der Waals surface area contributed by atoms with Gasteiger partial charge in [0.05, 0.1) is 17.6 Å². The number of benzene rings is 1. The van der Waals surface area contributed by atoms with Crippen molar-refractivity contribution in [1.82, 2.24) is 10.1 Å². The molecule has 0 saturated carbocycles. The van der Waals surface area contributed by atoms with Crippen LogP contribution in [0, 0.1) is 10.1 Å². The van der Waals surface area contributed by atoms with Crippen molar-refractivity contribution >= 4 is 17.3 Å². The summed E-state index contributed by atoms with van der Waals surface area (Å²) < 4.78 is 10.2. The summed E-state index contributed by atoms with van der Waals surface area (Å²) in [5.41, 5.74) is 5.80. The number of nitro groups is 1. The van der Waals surface area contributed by atoms with Gasteiger partial charge in [0.15, 0.2) is 5.82 Å². The quantitative estimate of drug-likeness (QED) is 0.642. The van der Waals surface area contributed by atoms with Gasteiger partial charge < -0.3 is 15.0 Å². The van der Waals surface area contributed by atoms with E-state index in [0.717, 1.165) is 0 Å². The van der Waals surface area contributed by atoms with Gasteiger partial charge in [-0.1, -0.05) is 16.8 Å². The molecule has 0 radical (unpaired) electrons. The lowest BCUT2D eigenvalue weighted by molar-refractivity contribution is -0.384. The Balaban J connectivity index is 2.31. The van der Waals surface area contributed by atoms with Crippen LogP contribution in [-0.4, -0.2) is 28.3 Å². The van der Waals surface area contributed by atoms with E-state index in [1.54, 1.807) is 0 Å². The standard InChI is InChI=1S/C12H13ClN4O4/c1-2-20-6-9(14)11-15-12(21-16-11)8-4-3-7(13)5-10(8)17(18)19/h3-5,9H,2,6,14H2,1H3. The van der Waals surface area contributed by atoms with Gasteiger partial charge in [0.25, 0.3) is 11.6 Å². The fourth-order valence-electron chi connectivity index (χ4n) is 1.65. The second kappa shape index (κ2) is 6.61. The fourth-order valence-corrected chi connectivity index (χ4v) is 1.82. The SMILES string of the molecule is CCOCC(N)c1noc(-c2ccc(Cl)cc2[N+](=O)[O-])n1. The Hall–Kier alpha value is -2.03. The van der Waals surface area contributed by atoms with Crippen molar-refractivity contribution in [3.63, 3.8) is 0 Å². The van der Waals surface area contributed by atoms with E-state index >= 15 is 0 Å². The molecule has 0 aliphatic carbocycles. The summed E-state index contributed by atoms with van der Waals surface area (Å²) in [5, 5.41) is 15.0. The minimum Gasteiger partial charge on any atom is -0.380 e. The van der Waals surface area contributed by atoms with Crippen molar-refractivity contribution < 1.29 is 14.2 Å². The van der Waals surface area contributed by atoms with Crippen LogP contribution >= 0.6 is 11.6 Å². The molecule has 2 aromatic rings. The van der Waals surface area contributed by atoms with Crippen molar-refractivity contribution in [2.24, 2.45) is 5.73 Å². The zero-order chi connectivity index (χ0) is 15.4. The lowest BCUT2D eigenvalue weighted by Gasteiger charge is -2.05. The van der Waals surface area contributed by atoms with Gasteiger partial charge in [-0.25, -0.2) is 0 Å². The van der Waals surface area contributed by atoms with E-state index in [9.17, 15) is 10.1 Å². The summed E-state index contributed by atoms with van der Waals surface area (Å²) in [4.78, 5) is 14.6. The molecule has 8 nitrogen and oxygen atoms in total. The molecule has 0 aliphatic rings. The lowest BCUT2D eigenvalue weighted by Crippen LogP contribution is -2.18. The minimum atomic E-state index is -0.564. The first-order chi connectivity index (χ1) is 10.0. The fraction of sp³-hybridized carbons (Fsp3) is 0.333. The van der Waals surface area contributed by atoms with Crippen LogP contribution in [0.15, 0.2) is 22.7 Å². The normalized spacial score (nSPS) is 12.3. The topological polar surface area (TPSA) is 117 Å². The molecule has 0 bridgehead atoms. The average Bonchev–Trinajstić information content (AvgIpc) is 2.94. The molecule has 9 heteroatoms. The maximum absolute atomic E-state index is 11.0. The molecule has 0 fully saturated rings. The second-order valence-electron chi connectivity index (χ2n) is 4.14. The molecule has 1 unspecified atom stereocenters. The van der Waals surface area contributed by atoms with Crippen LogP contribution in [0.2, 0.25) is 5.02 Å². The van der Waals surface area contributed by atoms with Crippen LogP contribution in [0.25, 0.3) is 11.5 Å². The number of nitro benzene ring substituents is 1. The summed E-state index contributed by atoms with van der Waals surface area (Å²) in [6.45, 7) is 2.59. The number of nitrogens with zero attached hydrogens (tertiary/aromatic N) is 3. The molecule has 1 aromatic carbocycles. The van der Waals surface area contributed by atoms with Crippen LogP contribution in [0.1, 0.15) is 18.8 Å². The second-order valence-corrected chi connectivity index (χ2v) is 4.58. The van der Waals surface area contributed by atoms with E-state index in [1.807, 2.05) is 6.92 Å². The van der Waals surface area contributed by atoms with E-state index in [4.69, 9.17) is 26.6 Å². The van der Waals surface area contributed by atoms with Crippen LogP contribution in [-0.2, 0) is 4.74 Å². The van der Waals surface area contributed by atoms with Crippen LogP contribution in [0.5, 0.6) is 0 Å². The van der Waals surface area contributed by atoms with Gasteiger partial charge in [0, 0.05) is 17.7 Å². The number of hydrogen-bond donors (Lipinski definition) is 1. The summed E-state index contributed by atoms with van der Waals surface area (Å²) in [5.74, 6) is 0.239. The van der Waals surface area contributed by atoms with E-state index in [0.29, 0.717) is 6.61 Å². The van der Waals surface area contributed by atoms with Gasteiger partial charge in [-0.05, 0) is 19.1 Å². The first-order valence-electron chi connectivity index (χ1n) is 6.14. The maximum Gasteiger partial charge on any atom is 0.283 e. The first kappa shape index (κ1) is 15.4. The van der Waals surface area contributed by atoms with Crippen LogP contribution in [0.3, 0.4) is 0 Å². The van der Waals surface area contributed by atoms with E-state index in [2.05, 4.69) is 10.1 Å². The molecule has 0 aliphatic heterocycles. The molecule has 2 rings (SSSR count). The molecule has 0 amide bonds. The van der Waals surface area contributed by atoms with Gasteiger partial charge in [0.2, 0.25) is 0 Å². The van der Waals surface area contributed by atoms with Crippen molar-refractivity contribution in [3.8, 4) is 11.5 Å². The molecule has 0 saturated heterocycles. The minimum absolute atomic E-state index is 0.0142. The predicted molar refractivity (Wildman–Crippen MR) is 74.8 cm³/mol. The molecule has 1 atom stereocenters. The van der Waals surface area contributed by atoms with E-state index in [-0.39, 0.29) is 34.6 Å². The third kappa shape index (κ3) is 3.54. The zero-order valence-electron chi connectivity index (χ0n) is 11.2. The highest BCUT2D eigenvalue weighted by Gasteiger charge is 2.22. The smallest absolute Gasteiger partial charge is 0.283 e. The van der Waals surface area contributed by atoms with Crippen LogP contribution in [0.4, 0.5) is 5.69 Å².